The topological polar surface area (TPSA) is 63.2 Å². The number of alkyl halides is 6. The second-order valence-corrected chi connectivity index (χ2v) is 12.1. The lowest BCUT2D eigenvalue weighted by Crippen LogP contribution is -2.54. The first-order valence-electron chi connectivity index (χ1n) is 13.8. The first-order chi connectivity index (χ1) is 20.4. The molecule has 43 heavy (non-hydrogen) atoms. The molecule has 1 amide bonds. The predicted octanol–water partition coefficient (Wildman–Crippen LogP) is 7.20. The number of aromatic nitrogens is 1. The first kappa shape index (κ1) is 29.6. The van der Waals surface area contributed by atoms with Crippen LogP contribution in [0.4, 0.5) is 26.3 Å². The summed E-state index contributed by atoms with van der Waals surface area (Å²) in [6, 6.07) is 18.3. The summed E-state index contributed by atoms with van der Waals surface area (Å²) in [5.41, 5.74) is -2.14. The smallest absolute Gasteiger partial charge is 0.371 e. The average molecular weight is 620 g/mol. The molecule has 0 radical (unpaired) electrons. The maximum Gasteiger partial charge on any atom is 0.416 e. The maximum absolute atomic E-state index is 13.5. The summed E-state index contributed by atoms with van der Waals surface area (Å²) in [5, 5.41) is 7.36. The summed E-state index contributed by atoms with van der Waals surface area (Å²) >= 11 is 1.50. The van der Waals surface area contributed by atoms with Crippen LogP contribution in [-0.2, 0) is 40.6 Å². The van der Waals surface area contributed by atoms with Crippen molar-refractivity contribution in [3.05, 3.63) is 100 Å². The number of nitrogens with one attached hydrogen (secondary N) is 2. The Labute approximate surface area is 247 Å². The number of carbonyl (C=O) groups excluding carboxylic acids is 1. The van der Waals surface area contributed by atoms with Crippen molar-refractivity contribution in [2.24, 2.45) is 5.92 Å². The van der Waals surface area contributed by atoms with Crippen LogP contribution in [0.3, 0.4) is 0 Å². The molecular formula is C31H27F6N3O2S. The summed E-state index contributed by atoms with van der Waals surface area (Å²) < 4.78 is 87.7. The molecule has 4 atom stereocenters. The zero-order valence-electron chi connectivity index (χ0n) is 22.6. The Morgan fingerprint density at radius 1 is 0.953 bits per heavy atom. The van der Waals surface area contributed by atoms with Gasteiger partial charge in [0.25, 0.3) is 0 Å². The summed E-state index contributed by atoms with van der Waals surface area (Å²) in [4.78, 5) is 18.0. The van der Waals surface area contributed by atoms with Gasteiger partial charge in [0.2, 0.25) is 5.91 Å². The lowest BCUT2D eigenvalue weighted by Gasteiger charge is -2.42. The minimum absolute atomic E-state index is 0.107. The number of rotatable bonds is 7. The van der Waals surface area contributed by atoms with Gasteiger partial charge in [0.05, 0.1) is 52.1 Å². The number of benzene rings is 3. The van der Waals surface area contributed by atoms with E-state index in [2.05, 4.69) is 15.6 Å². The van der Waals surface area contributed by atoms with E-state index < -0.39 is 47.6 Å². The SMILES string of the molecule is O=C(NCc1nc2ccccc2s1)C1CC2(c3ccccc3)NC1CCC2OCc1cc(C(F)(F)F)cc(C(F)(F)F)c1. The van der Waals surface area contributed by atoms with E-state index >= 15 is 0 Å². The monoisotopic (exact) mass is 619 g/mol. The molecule has 2 aliphatic rings. The summed E-state index contributed by atoms with van der Waals surface area (Å²) in [6.07, 6.45) is -9.11. The number of ether oxygens (including phenoxy) is 1. The zero-order chi connectivity index (χ0) is 30.4. The van der Waals surface area contributed by atoms with Crippen molar-refractivity contribution in [3.63, 3.8) is 0 Å². The number of piperidine rings is 1. The van der Waals surface area contributed by atoms with Crippen LogP contribution < -0.4 is 10.6 Å². The van der Waals surface area contributed by atoms with Crippen LogP contribution >= 0.6 is 11.3 Å². The number of nitrogens with zero attached hydrogens (tertiary/aromatic N) is 1. The maximum atomic E-state index is 13.5. The average Bonchev–Trinajstić information content (AvgIpc) is 3.54. The fourth-order valence-corrected chi connectivity index (χ4v) is 7.17. The predicted molar refractivity (Wildman–Crippen MR) is 149 cm³/mol. The summed E-state index contributed by atoms with van der Waals surface area (Å²) in [6.45, 7) is -0.177. The number of thiazole rings is 1. The van der Waals surface area contributed by atoms with Gasteiger partial charge in [0, 0.05) is 6.04 Å². The number of para-hydroxylation sites is 1. The van der Waals surface area contributed by atoms with Gasteiger partial charge < -0.3 is 15.4 Å². The van der Waals surface area contributed by atoms with Crippen LogP contribution in [0.15, 0.2) is 72.8 Å². The van der Waals surface area contributed by atoms with E-state index in [1.807, 2.05) is 54.6 Å². The van der Waals surface area contributed by atoms with Gasteiger partial charge in [-0.05, 0) is 60.7 Å². The molecular weight excluding hydrogens is 592 g/mol. The van der Waals surface area contributed by atoms with Crippen LogP contribution in [0, 0.1) is 5.92 Å². The van der Waals surface area contributed by atoms with Crippen molar-refractivity contribution in [3.8, 4) is 0 Å². The molecule has 4 aromatic rings. The highest BCUT2D eigenvalue weighted by Gasteiger charge is 2.56. The van der Waals surface area contributed by atoms with E-state index in [4.69, 9.17) is 4.74 Å². The molecule has 4 unspecified atom stereocenters. The lowest BCUT2D eigenvalue weighted by molar-refractivity contribution is -0.143. The number of hydrogen-bond acceptors (Lipinski definition) is 5. The molecule has 5 nitrogen and oxygen atoms in total. The fourth-order valence-electron chi connectivity index (χ4n) is 6.27. The Morgan fingerprint density at radius 2 is 1.63 bits per heavy atom. The zero-order valence-corrected chi connectivity index (χ0v) is 23.5. The molecule has 2 aliphatic heterocycles. The molecule has 3 heterocycles. The molecule has 2 N–H and O–H groups in total. The number of carbonyl (C=O) groups is 1. The van der Waals surface area contributed by atoms with Gasteiger partial charge in [-0.3, -0.25) is 4.79 Å². The Kier molecular flexibility index (Phi) is 7.72. The molecule has 2 fully saturated rings. The largest absolute Gasteiger partial charge is 0.416 e. The van der Waals surface area contributed by atoms with E-state index in [1.165, 1.54) is 11.3 Å². The third-order valence-electron chi connectivity index (χ3n) is 8.24. The highest BCUT2D eigenvalue weighted by Crippen LogP contribution is 2.48. The molecule has 0 spiro atoms. The lowest BCUT2D eigenvalue weighted by atomic mass is 9.80. The van der Waals surface area contributed by atoms with E-state index in [0.29, 0.717) is 31.4 Å². The van der Waals surface area contributed by atoms with Gasteiger partial charge in [-0.2, -0.15) is 26.3 Å². The number of amides is 1. The van der Waals surface area contributed by atoms with Gasteiger partial charge in [0.15, 0.2) is 0 Å². The molecule has 6 rings (SSSR count). The van der Waals surface area contributed by atoms with Crippen molar-refractivity contribution in [1.29, 1.82) is 0 Å². The number of fused-ring (bicyclic) bond motifs is 3. The molecule has 0 saturated carbocycles. The van der Waals surface area contributed by atoms with E-state index in [-0.39, 0.29) is 30.1 Å². The Bertz CT molecular complexity index is 1560. The molecule has 1 aromatic heterocycles. The second kappa shape index (κ2) is 11.2. The first-order valence-corrected chi connectivity index (χ1v) is 14.6. The van der Waals surface area contributed by atoms with Gasteiger partial charge in [0.1, 0.15) is 5.01 Å². The van der Waals surface area contributed by atoms with Gasteiger partial charge in [-0.1, -0.05) is 42.5 Å². The second-order valence-electron chi connectivity index (χ2n) is 11.0. The standard InChI is InChI=1S/C31H27F6N3O2S/c32-30(33,34)20-12-18(13-21(14-20)31(35,36)37)17-42-26-11-10-23-22(15-29(26,40-23)19-6-2-1-3-7-19)28(41)38-16-27-39-24-8-4-5-9-25(24)43-27/h1-9,12-14,22-23,26,40H,10-11,15-17H2,(H,38,41). The third kappa shape index (κ3) is 6.00. The number of halogens is 6. The van der Waals surface area contributed by atoms with Crippen molar-refractivity contribution in [2.75, 3.05) is 0 Å². The molecule has 2 bridgehead atoms. The van der Waals surface area contributed by atoms with E-state index in [9.17, 15) is 31.1 Å². The highest BCUT2D eigenvalue weighted by molar-refractivity contribution is 7.18. The Morgan fingerprint density at radius 3 is 2.30 bits per heavy atom. The van der Waals surface area contributed by atoms with Crippen LogP contribution in [0.2, 0.25) is 0 Å². The minimum atomic E-state index is -4.95. The Hall–Kier alpha value is -3.48. The van der Waals surface area contributed by atoms with Crippen molar-refractivity contribution >= 4 is 27.5 Å². The minimum Gasteiger partial charge on any atom is -0.371 e. The van der Waals surface area contributed by atoms with Crippen molar-refractivity contribution in [1.82, 2.24) is 15.6 Å². The van der Waals surface area contributed by atoms with Crippen LogP contribution in [0.25, 0.3) is 10.2 Å². The van der Waals surface area contributed by atoms with Crippen LogP contribution in [0.5, 0.6) is 0 Å². The molecule has 12 heteroatoms. The van der Waals surface area contributed by atoms with Crippen LogP contribution in [0.1, 0.15) is 46.5 Å². The van der Waals surface area contributed by atoms with Gasteiger partial charge >= 0.3 is 12.4 Å². The number of hydrogen-bond donors (Lipinski definition) is 2. The fraction of sp³-hybridized carbons (Fsp3) is 0.355. The van der Waals surface area contributed by atoms with Gasteiger partial charge in [-0.15, -0.1) is 11.3 Å². The molecule has 3 aromatic carbocycles. The van der Waals surface area contributed by atoms with Gasteiger partial charge in [-0.25, -0.2) is 4.98 Å². The molecule has 0 aliphatic carbocycles. The van der Waals surface area contributed by atoms with Crippen molar-refractivity contribution in [2.45, 2.75) is 62.5 Å². The molecule has 226 valence electrons. The quantitative estimate of drug-likeness (QED) is 0.215. The van der Waals surface area contributed by atoms with E-state index in [1.54, 1.807) is 0 Å². The Balaban J connectivity index is 1.22. The third-order valence-corrected chi connectivity index (χ3v) is 9.27. The normalized spacial score (nSPS) is 23.9. The molecule has 2 saturated heterocycles. The summed E-state index contributed by atoms with van der Waals surface area (Å²) in [7, 11) is 0. The highest BCUT2D eigenvalue weighted by atomic mass is 32.1. The van der Waals surface area contributed by atoms with Crippen LogP contribution in [-0.4, -0.2) is 23.0 Å². The summed E-state index contributed by atoms with van der Waals surface area (Å²) in [5.74, 6) is -0.573. The van der Waals surface area contributed by atoms with E-state index in [0.717, 1.165) is 20.8 Å². The van der Waals surface area contributed by atoms with Crippen molar-refractivity contribution < 1.29 is 35.9 Å².